The topological polar surface area (TPSA) is 66.5 Å². The molecule has 28 heavy (non-hydrogen) atoms. The SMILES string of the molecule is O=C(CCc1cc(Cl)cs1)NCCN1C(=O)S/C(=C\c2ccc(F)cc2)C1=O. The van der Waals surface area contributed by atoms with Crippen molar-refractivity contribution < 1.29 is 18.8 Å². The van der Waals surface area contributed by atoms with Gasteiger partial charge >= 0.3 is 0 Å². The van der Waals surface area contributed by atoms with Crippen LogP contribution in [0.3, 0.4) is 0 Å². The Morgan fingerprint density at radius 1 is 1.25 bits per heavy atom. The number of thioether (sulfide) groups is 1. The Morgan fingerprint density at radius 2 is 2.00 bits per heavy atom. The van der Waals surface area contributed by atoms with Gasteiger partial charge in [0.25, 0.3) is 11.1 Å². The molecule has 1 saturated heterocycles. The lowest BCUT2D eigenvalue weighted by Crippen LogP contribution is -2.37. The lowest BCUT2D eigenvalue weighted by molar-refractivity contribution is -0.124. The lowest BCUT2D eigenvalue weighted by atomic mass is 10.2. The van der Waals surface area contributed by atoms with Gasteiger partial charge in [0.2, 0.25) is 5.91 Å². The molecular weight excluding hydrogens is 423 g/mol. The highest BCUT2D eigenvalue weighted by Crippen LogP contribution is 2.31. The first-order valence-electron chi connectivity index (χ1n) is 8.43. The highest BCUT2D eigenvalue weighted by Gasteiger charge is 2.34. The van der Waals surface area contributed by atoms with Crippen LogP contribution >= 0.6 is 34.7 Å². The Kier molecular flexibility index (Phi) is 6.88. The van der Waals surface area contributed by atoms with Gasteiger partial charge in [0.1, 0.15) is 5.82 Å². The molecule has 0 unspecified atom stereocenters. The van der Waals surface area contributed by atoms with Gasteiger partial charge in [0.15, 0.2) is 0 Å². The highest BCUT2D eigenvalue weighted by atomic mass is 35.5. The number of thiophene rings is 1. The van der Waals surface area contributed by atoms with Crippen LogP contribution in [0.5, 0.6) is 0 Å². The number of halogens is 2. The van der Waals surface area contributed by atoms with Crippen LogP contribution < -0.4 is 5.32 Å². The first-order valence-corrected chi connectivity index (χ1v) is 10.5. The summed E-state index contributed by atoms with van der Waals surface area (Å²) in [5, 5.41) is 4.80. The number of carbonyl (C=O) groups is 3. The van der Waals surface area contributed by atoms with Gasteiger partial charge in [-0.15, -0.1) is 11.3 Å². The zero-order chi connectivity index (χ0) is 20.1. The Morgan fingerprint density at radius 3 is 2.68 bits per heavy atom. The van der Waals surface area contributed by atoms with Gasteiger partial charge in [-0.05, 0) is 48.0 Å². The Balaban J connectivity index is 1.47. The summed E-state index contributed by atoms with van der Waals surface area (Å²) in [6.07, 6.45) is 2.45. The minimum Gasteiger partial charge on any atom is -0.354 e. The van der Waals surface area contributed by atoms with Gasteiger partial charge in [0.05, 0.1) is 9.93 Å². The molecule has 1 aliphatic heterocycles. The average Bonchev–Trinajstić information content (AvgIpc) is 3.19. The second kappa shape index (κ2) is 9.36. The fourth-order valence-corrected chi connectivity index (χ4v) is 4.46. The summed E-state index contributed by atoms with van der Waals surface area (Å²) in [7, 11) is 0. The maximum Gasteiger partial charge on any atom is 0.293 e. The third-order valence-corrected chi connectivity index (χ3v) is 6.17. The van der Waals surface area contributed by atoms with Crippen molar-refractivity contribution in [1.82, 2.24) is 10.2 Å². The van der Waals surface area contributed by atoms with E-state index in [2.05, 4.69) is 5.32 Å². The van der Waals surface area contributed by atoms with Crippen LogP contribution in [0, 0.1) is 5.82 Å². The van der Waals surface area contributed by atoms with Crippen molar-refractivity contribution in [3.05, 3.63) is 61.9 Å². The molecular formula is C19H16ClFN2O3S2. The molecule has 3 amide bonds. The van der Waals surface area contributed by atoms with E-state index in [-0.39, 0.29) is 35.0 Å². The molecule has 0 bridgehead atoms. The molecule has 1 fully saturated rings. The largest absolute Gasteiger partial charge is 0.354 e. The highest BCUT2D eigenvalue weighted by molar-refractivity contribution is 8.18. The molecule has 0 saturated carbocycles. The van der Waals surface area contributed by atoms with Crippen molar-refractivity contribution in [2.75, 3.05) is 13.1 Å². The third-order valence-electron chi connectivity index (χ3n) is 3.92. The van der Waals surface area contributed by atoms with Gasteiger partial charge < -0.3 is 5.32 Å². The quantitative estimate of drug-likeness (QED) is 0.653. The summed E-state index contributed by atoms with van der Waals surface area (Å²) in [5.74, 6) is -0.941. The molecule has 0 aliphatic carbocycles. The number of imide groups is 1. The Bertz CT molecular complexity index is 928. The molecule has 0 radical (unpaired) electrons. The minimum atomic E-state index is -0.415. The number of aryl methyl sites for hydroxylation is 1. The standard InChI is InChI=1S/C19H16ClFN2O3S2/c20-13-10-15(27-11-13)5-6-17(24)22-7-8-23-18(25)16(28-19(23)26)9-12-1-3-14(21)4-2-12/h1-4,9-11H,5-8H2,(H,22,24)/b16-9-. The maximum absolute atomic E-state index is 13.0. The molecule has 3 rings (SSSR count). The third kappa shape index (κ3) is 5.43. The predicted molar refractivity (Wildman–Crippen MR) is 110 cm³/mol. The molecule has 146 valence electrons. The molecule has 5 nitrogen and oxygen atoms in total. The van der Waals surface area contributed by atoms with E-state index in [0.29, 0.717) is 23.4 Å². The van der Waals surface area contributed by atoms with Crippen LogP contribution in [-0.2, 0) is 16.0 Å². The van der Waals surface area contributed by atoms with Crippen molar-refractivity contribution in [3.8, 4) is 0 Å². The Hall–Kier alpha value is -2.16. The van der Waals surface area contributed by atoms with Crippen molar-refractivity contribution in [1.29, 1.82) is 0 Å². The van der Waals surface area contributed by atoms with E-state index in [1.165, 1.54) is 35.6 Å². The minimum absolute atomic E-state index is 0.0992. The van der Waals surface area contributed by atoms with E-state index >= 15 is 0 Å². The number of nitrogens with one attached hydrogen (secondary N) is 1. The summed E-state index contributed by atoms with van der Waals surface area (Å²) in [5.41, 5.74) is 0.633. The number of amides is 3. The average molecular weight is 439 g/mol. The molecule has 1 aromatic heterocycles. The smallest absolute Gasteiger partial charge is 0.293 e. The van der Waals surface area contributed by atoms with Crippen molar-refractivity contribution in [3.63, 3.8) is 0 Å². The van der Waals surface area contributed by atoms with Crippen LogP contribution in [0.2, 0.25) is 5.02 Å². The van der Waals surface area contributed by atoms with Crippen molar-refractivity contribution in [2.24, 2.45) is 0 Å². The number of rotatable bonds is 7. The van der Waals surface area contributed by atoms with Crippen LogP contribution in [0.1, 0.15) is 16.9 Å². The van der Waals surface area contributed by atoms with Gasteiger partial charge in [0, 0.05) is 29.8 Å². The van der Waals surface area contributed by atoms with E-state index in [4.69, 9.17) is 11.6 Å². The van der Waals surface area contributed by atoms with Gasteiger partial charge in [-0.25, -0.2) is 4.39 Å². The summed E-state index contributed by atoms with van der Waals surface area (Å²) in [6.45, 7) is 0.286. The zero-order valence-electron chi connectivity index (χ0n) is 14.6. The van der Waals surface area contributed by atoms with Crippen LogP contribution in [0.4, 0.5) is 9.18 Å². The number of nitrogens with zero attached hydrogens (tertiary/aromatic N) is 1. The van der Waals surface area contributed by atoms with Gasteiger partial charge in [-0.2, -0.15) is 0 Å². The van der Waals surface area contributed by atoms with Crippen LogP contribution in [0.25, 0.3) is 6.08 Å². The van der Waals surface area contributed by atoms with E-state index in [1.807, 2.05) is 11.4 Å². The van der Waals surface area contributed by atoms with E-state index < -0.39 is 5.91 Å². The van der Waals surface area contributed by atoms with Gasteiger partial charge in [-0.1, -0.05) is 23.7 Å². The number of benzene rings is 1. The van der Waals surface area contributed by atoms with Gasteiger partial charge in [-0.3, -0.25) is 19.3 Å². The molecule has 0 spiro atoms. The zero-order valence-corrected chi connectivity index (χ0v) is 17.0. The molecule has 1 aliphatic rings. The molecule has 9 heteroatoms. The summed E-state index contributed by atoms with van der Waals surface area (Å²) >= 11 is 8.18. The van der Waals surface area contributed by atoms with Crippen molar-refractivity contribution >= 4 is 57.8 Å². The summed E-state index contributed by atoms with van der Waals surface area (Å²) in [6, 6.07) is 7.47. The molecule has 1 aromatic carbocycles. The predicted octanol–water partition coefficient (Wildman–Crippen LogP) is 4.33. The van der Waals surface area contributed by atoms with E-state index in [9.17, 15) is 18.8 Å². The fraction of sp³-hybridized carbons (Fsp3) is 0.211. The van der Waals surface area contributed by atoms with Crippen molar-refractivity contribution in [2.45, 2.75) is 12.8 Å². The summed E-state index contributed by atoms with van der Waals surface area (Å²) < 4.78 is 13.0. The lowest BCUT2D eigenvalue weighted by Gasteiger charge is -2.12. The number of carbonyl (C=O) groups excluding carboxylic acids is 3. The second-order valence-corrected chi connectivity index (χ2v) is 8.39. The normalized spacial score (nSPS) is 15.5. The molecule has 0 atom stereocenters. The second-order valence-electron chi connectivity index (χ2n) is 5.97. The maximum atomic E-state index is 13.0. The first-order chi connectivity index (χ1) is 13.4. The summed E-state index contributed by atoms with van der Waals surface area (Å²) in [4.78, 5) is 38.8. The Labute approximate surface area is 174 Å². The molecule has 2 aromatic rings. The first kappa shape index (κ1) is 20.6. The fourth-order valence-electron chi connectivity index (χ4n) is 2.52. The van der Waals surface area contributed by atoms with Crippen LogP contribution in [-0.4, -0.2) is 35.0 Å². The van der Waals surface area contributed by atoms with E-state index in [1.54, 1.807) is 6.08 Å². The monoisotopic (exact) mass is 438 g/mol. The molecule has 1 N–H and O–H groups in total. The number of hydrogen-bond donors (Lipinski definition) is 1. The molecule has 2 heterocycles. The van der Waals surface area contributed by atoms with Crippen LogP contribution in [0.15, 0.2) is 40.6 Å². The van der Waals surface area contributed by atoms with E-state index in [0.717, 1.165) is 21.5 Å². The number of hydrogen-bond acceptors (Lipinski definition) is 5.